The molecule has 6 nitrogen and oxygen atoms in total. The molecule has 1 aromatic heterocycles. The van der Waals surface area contributed by atoms with E-state index in [1.807, 2.05) is 24.3 Å². The minimum atomic E-state index is -1.13. The highest BCUT2D eigenvalue weighted by Gasteiger charge is 2.42. The average molecular weight is 825 g/mol. The van der Waals surface area contributed by atoms with Crippen LogP contribution < -0.4 is 19.7 Å². The van der Waals surface area contributed by atoms with E-state index in [4.69, 9.17) is 12.2 Å². The van der Waals surface area contributed by atoms with Gasteiger partial charge in [-0.3, -0.25) is 19.0 Å². The number of carbonyl (C=O) groups is 2. The molecule has 3 unspecified atom stereocenters. The minimum absolute atomic E-state index is 0.0859. The molecule has 3 atom stereocenters. The number of aromatic nitrogens is 1. The predicted molar refractivity (Wildman–Crippen MR) is 244 cm³/mol. The summed E-state index contributed by atoms with van der Waals surface area (Å²) in [4.78, 5) is 42.5. The number of aliphatic carboxylic acids is 1. The zero-order valence-electron chi connectivity index (χ0n) is 32.8. The van der Waals surface area contributed by atoms with E-state index in [9.17, 15) is 19.5 Å². The van der Waals surface area contributed by atoms with Crippen molar-refractivity contribution in [2.75, 3.05) is 4.90 Å². The molecule has 5 aromatic rings. The summed E-state index contributed by atoms with van der Waals surface area (Å²) < 4.78 is 2.67. The first-order valence-electron chi connectivity index (χ1n) is 20.6. The van der Waals surface area contributed by atoms with Gasteiger partial charge in [-0.15, -0.1) is 11.3 Å². The third-order valence-corrected chi connectivity index (χ3v) is 14.6. The normalized spacial score (nSPS) is 19.8. The highest BCUT2D eigenvalue weighted by Crippen LogP contribution is 2.52. The van der Waals surface area contributed by atoms with Crippen molar-refractivity contribution in [2.24, 2.45) is 5.92 Å². The van der Waals surface area contributed by atoms with Crippen molar-refractivity contribution in [3.8, 4) is 0 Å². The molecule has 4 aromatic carbocycles. The van der Waals surface area contributed by atoms with Crippen LogP contribution >= 0.6 is 35.3 Å². The maximum Gasteiger partial charge on any atom is 0.323 e. The third-order valence-electron chi connectivity index (χ3n) is 11.7. The van der Waals surface area contributed by atoms with Gasteiger partial charge in [0.2, 0.25) is 0 Å². The lowest BCUT2D eigenvalue weighted by molar-refractivity contribution is -0.137. The van der Waals surface area contributed by atoms with Crippen LogP contribution in [0.1, 0.15) is 105 Å². The first kappa shape index (κ1) is 40.0. The molecular weight excluding hydrogens is 777 g/mol. The van der Waals surface area contributed by atoms with Crippen LogP contribution in [0.5, 0.6) is 0 Å². The van der Waals surface area contributed by atoms with Crippen molar-refractivity contribution in [3.63, 3.8) is 0 Å². The number of thiazole rings is 1. The van der Waals surface area contributed by atoms with Crippen LogP contribution in [0.3, 0.4) is 0 Å². The maximum atomic E-state index is 13.9. The monoisotopic (exact) mass is 824 g/mol. The molecule has 1 saturated carbocycles. The Hall–Kier alpha value is -4.83. The second-order valence-corrected chi connectivity index (χ2v) is 18.4. The largest absolute Gasteiger partial charge is 0.480 e. The van der Waals surface area contributed by atoms with Crippen LogP contribution in [0.2, 0.25) is 0 Å². The molecular formula is C49H48N2O4S3. The van der Waals surface area contributed by atoms with E-state index >= 15 is 0 Å². The summed E-state index contributed by atoms with van der Waals surface area (Å²) in [5, 5.41) is 9.79. The van der Waals surface area contributed by atoms with E-state index in [0.29, 0.717) is 36.7 Å². The van der Waals surface area contributed by atoms with Crippen molar-refractivity contribution in [3.05, 3.63) is 150 Å². The maximum absolute atomic E-state index is 13.9. The lowest BCUT2D eigenvalue weighted by Crippen LogP contribution is -2.35. The molecule has 0 spiro atoms. The number of Topliss-reactive ketones (excluding diaryl/α,β-unsaturated/α-hetero) is 1. The summed E-state index contributed by atoms with van der Waals surface area (Å²) >= 11 is 8.12. The second kappa shape index (κ2) is 18.0. The van der Waals surface area contributed by atoms with Gasteiger partial charge in [0.05, 0.1) is 19.6 Å². The van der Waals surface area contributed by atoms with Crippen LogP contribution in [0.15, 0.2) is 108 Å². The number of ketones is 1. The number of benzene rings is 4. The first-order chi connectivity index (χ1) is 28.3. The summed E-state index contributed by atoms with van der Waals surface area (Å²) in [5.41, 5.74) is 8.77. The molecule has 0 amide bonds. The van der Waals surface area contributed by atoms with Gasteiger partial charge in [0.15, 0.2) is 5.78 Å². The van der Waals surface area contributed by atoms with Crippen molar-refractivity contribution in [2.45, 2.75) is 89.6 Å². The third kappa shape index (κ3) is 8.35. The number of hydrogen-bond acceptors (Lipinski definition) is 7. The van der Waals surface area contributed by atoms with Crippen molar-refractivity contribution < 1.29 is 14.7 Å². The Balaban J connectivity index is 1.09. The highest BCUT2D eigenvalue weighted by molar-refractivity contribution is 8.30. The molecule has 0 bridgehead atoms. The van der Waals surface area contributed by atoms with Gasteiger partial charge in [0.25, 0.3) is 5.56 Å². The summed E-state index contributed by atoms with van der Waals surface area (Å²) in [6.07, 6.45) is 14.9. The van der Waals surface area contributed by atoms with Gasteiger partial charge in [-0.1, -0.05) is 155 Å². The Bertz CT molecular complexity index is 2500. The fourth-order valence-electron chi connectivity index (χ4n) is 8.90. The zero-order valence-corrected chi connectivity index (χ0v) is 35.2. The lowest BCUT2D eigenvalue weighted by Gasteiger charge is -2.27. The zero-order chi connectivity index (χ0) is 40.2. The number of nitrogens with zero attached hydrogens (tertiary/aromatic N) is 2. The number of rotatable bonds is 14. The van der Waals surface area contributed by atoms with Crippen LogP contribution in [-0.2, 0) is 16.1 Å². The molecule has 58 heavy (non-hydrogen) atoms. The predicted octanol–water partition coefficient (Wildman–Crippen LogP) is 10.3. The van der Waals surface area contributed by atoms with Crippen molar-refractivity contribution >= 4 is 85.3 Å². The van der Waals surface area contributed by atoms with E-state index in [1.165, 1.54) is 74.9 Å². The van der Waals surface area contributed by atoms with E-state index in [0.717, 1.165) is 55.3 Å². The van der Waals surface area contributed by atoms with Crippen molar-refractivity contribution in [1.29, 1.82) is 0 Å². The number of hydrogen-bond donors (Lipinski definition) is 1. The summed E-state index contributed by atoms with van der Waals surface area (Å²) in [6.45, 7) is 1.68. The number of carboxylic acids is 1. The topological polar surface area (TPSA) is 79.6 Å². The first-order valence-corrected chi connectivity index (χ1v) is 22.6. The second-order valence-electron chi connectivity index (χ2n) is 15.6. The quantitative estimate of drug-likeness (QED) is 0.0679. The molecule has 3 heterocycles. The smallest absolute Gasteiger partial charge is 0.323 e. The van der Waals surface area contributed by atoms with Gasteiger partial charge in [0, 0.05) is 23.3 Å². The van der Waals surface area contributed by atoms with E-state index in [-0.39, 0.29) is 11.7 Å². The van der Waals surface area contributed by atoms with Gasteiger partial charge in [-0.2, -0.15) is 0 Å². The summed E-state index contributed by atoms with van der Waals surface area (Å²) in [6, 6.07) is 36.6. The average Bonchev–Trinajstić information content (AvgIpc) is 3.98. The molecule has 3 aliphatic rings. The van der Waals surface area contributed by atoms with Crippen molar-refractivity contribution in [1.82, 2.24) is 4.57 Å². The van der Waals surface area contributed by atoms with Gasteiger partial charge in [-0.05, 0) is 89.1 Å². The van der Waals surface area contributed by atoms with Crippen LogP contribution in [-0.4, -0.2) is 31.7 Å². The Morgan fingerprint density at radius 2 is 1.52 bits per heavy atom. The molecule has 1 aliphatic carbocycles. The summed E-state index contributed by atoms with van der Waals surface area (Å²) in [7, 11) is 0. The standard InChI is InChI=1S/C49H48N2O4S3/c1-2-3-4-5-6-13-19-38-45(54)46(58-49(38)56)48-50(31-44(52)53)47(55)43(57-48)30-33-24-27-42-40(29-33)37-20-14-21-41(37)51(42)36-25-22-32(23-26-36)28-39(34-15-9-7-10-16-34)35-17-11-8-12-18-35/h7-12,15-18,22-30,37-38,41H,2-6,13-14,19-21,31H2,1H3,(H,52,53). The van der Waals surface area contributed by atoms with Gasteiger partial charge < -0.3 is 10.0 Å². The van der Waals surface area contributed by atoms with E-state index < -0.39 is 18.1 Å². The molecule has 1 saturated heterocycles. The molecule has 8 rings (SSSR count). The molecule has 0 radical (unpaired) electrons. The van der Waals surface area contributed by atoms with E-state index in [2.05, 4.69) is 103 Å². The molecule has 2 aliphatic heterocycles. The molecule has 1 N–H and O–H groups in total. The number of carbonyl (C=O) groups excluding carboxylic acids is 1. The number of carboxylic acid groups (broad SMARTS) is 1. The van der Waals surface area contributed by atoms with Crippen LogP contribution in [0.4, 0.5) is 11.4 Å². The Kier molecular flexibility index (Phi) is 12.4. The fourth-order valence-corrected chi connectivity index (χ4v) is 11.7. The highest BCUT2D eigenvalue weighted by atomic mass is 32.2. The van der Waals surface area contributed by atoms with Gasteiger partial charge in [0.1, 0.15) is 11.2 Å². The number of thiocarbonyl (C=S) groups is 1. The van der Waals surface area contributed by atoms with Crippen LogP contribution in [0.25, 0.3) is 22.6 Å². The Morgan fingerprint density at radius 3 is 2.21 bits per heavy atom. The van der Waals surface area contributed by atoms with Gasteiger partial charge in [-0.25, -0.2) is 0 Å². The molecule has 9 heteroatoms. The Labute approximate surface area is 353 Å². The van der Waals surface area contributed by atoms with Gasteiger partial charge >= 0.3 is 5.97 Å². The van der Waals surface area contributed by atoms with Crippen LogP contribution in [0, 0.1) is 5.92 Å². The molecule has 296 valence electrons. The fraction of sp³-hybridized carbons (Fsp3) is 0.306. The summed E-state index contributed by atoms with van der Waals surface area (Å²) in [5.74, 6) is -1.22. The number of fused-ring (bicyclic) bond motifs is 3. The SMILES string of the molecule is CCCCCCCCC1C(=O)C(=c2sc(=Cc3ccc4c(c3)C3CCCC3N4c3ccc(C=C(c4ccccc4)c4ccccc4)cc3)c(=O)n2CC(=O)O)SC1=S. The Morgan fingerprint density at radius 1 is 0.845 bits per heavy atom. The number of thioether (sulfide) groups is 1. The van der Waals surface area contributed by atoms with E-state index in [1.54, 1.807) is 0 Å². The lowest BCUT2D eigenvalue weighted by atomic mass is 9.95. The number of unbranched alkanes of at least 4 members (excludes halogenated alkanes) is 5. The molecule has 2 fully saturated rings. The minimum Gasteiger partial charge on any atom is -0.480 e. The number of anilines is 2.